The number of carbonyl (C=O) groups excluding carboxylic acids is 4. The molecule has 2 fully saturated rings. The third kappa shape index (κ3) is 26.4. The van der Waals surface area contributed by atoms with Gasteiger partial charge in [-0.1, -0.05) is 85.9 Å². The third-order valence-electron chi connectivity index (χ3n) is 11.2. The molecule has 4 rings (SSSR count). The average molecular weight is 1090 g/mol. The number of alkyl halides is 1. The predicted octanol–water partition coefficient (Wildman–Crippen LogP) is 13.0. The van der Waals surface area contributed by atoms with Crippen LogP contribution in [0.3, 0.4) is 0 Å². The Morgan fingerprint density at radius 3 is 1.46 bits per heavy atom. The topological polar surface area (TPSA) is 178 Å². The lowest BCUT2D eigenvalue weighted by molar-refractivity contribution is -0.137. The van der Waals surface area contributed by atoms with Gasteiger partial charge in [0, 0.05) is 50.8 Å². The number of hydrogen-bond acceptors (Lipinski definition) is 14. The van der Waals surface area contributed by atoms with Crippen LogP contribution < -0.4 is 0 Å². The van der Waals surface area contributed by atoms with E-state index in [2.05, 4.69) is 98.6 Å². The number of aliphatic hydroxyl groups excluding tert-OH is 2. The molecule has 0 radical (unpaired) electrons. The van der Waals surface area contributed by atoms with Crippen LogP contribution in [0.2, 0.25) is 0 Å². The molecule has 4 heterocycles. The van der Waals surface area contributed by atoms with E-state index >= 15 is 0 Å². The largest absolute Gasteiger partial charge is 0.447 e. The van der Waals surface area contributed by atoms with Gasteiger partial charge in [-0.3, -0.25) is 9.59 Å². The van der Waals surface area contributed by atoms with Gasteiger partial charge in [-0.05, 0) is 112 Å². The number of aromatic nitrogens is 2. The van der Waals surface area contributed by atoms with Crippen molar-refractivity contribution >= 4 is 89.4 Å². The molecule has 2 aliphatic rings. The average Bonchev–Trinajstić information content (AvgIpc) is 4.11. The first-order valence-corrected chi connectivity index (χ1v) is 26.5. The van der Waals surface area contributed by atoms with Crippen molar-refractivity contribution in [2.75, 3.05) is 38.9 Å². The summed E-state index contributed by atoms with van der Waals surface area (Å²) in [4.78, 5) is 57.7. The standard InChI is InChI=1S/C14H20ClNS.C14H21NOS.C12H20NO4P.C11H18NO5P.CH4.2H2/c1-10(8-15)5-6-11(2)12(3)7-14-9-17-13(4)16-14;1-10(8-16)5-6-11(2)12(3)7-14-9-17-13(4)15-14;1-8(6-17-18)4-5-9(2)11(14)13-10(3)7-16-12(13)15;1-7(5-17-18)3-4-9(13)10(14)12-8(2)6-16-11(12)15;;;/h5,7,9,11H,6,8H2,1-4H3;5,7,9,11,16H,6,8H2,1-4H3;4,9-10H,5-7,18H2,1-3H3;3,8-9,13H,4-6,18H2,1-2H3;1H4;2*1H/b2*10-5-,12-7+;8-4-;7-3-;;;/t2*11-;9-,10-;8-,9-;;;/m0000.../s1/i;;;;;2*1+2. The van der Waals surface area contributed by atoms with Gasteiger partial charge in [0.15, 0.2) is 0 Å². The second kappa shape index (κ2) is 36.5. The Balaban J connectivity index is -0.000000883. The molecule has 0 bridgehead atoms. The maximum atomic E-state index is 12.1. The van der Waals surface area contributed by atoms with Gasteiger partial charge in [0.2, 0.25) is 5.91 Å². The van der Waals surface area contributed by atoms with E-state index in [0.717, 1.165) is 55.9 Å². The summed E-state index contributed by atoms with van der Waals surface area (Å²) in [6.07, 6.45) is 12.6. The lowest BCUT2D eigenvalue weighted by Gasteiger charge is -2.19. The zero-order valence-corrected chi connectivity index (χ0v) is 48.2. The fourth-order valence-electron chi connectivity index (χ4n) is 6.21. The van der Waals surface area contributed by atoms with Crippen LogP contribution in [0.1, 0.15) is 134 Å². The van der Waals surface area contributed by atoms with Crippen molar-refractivity contribution in [2.24, 2.45) is 17.8 Å². The van der Waals surface area contributed by atoms with Gasteiger partial charge in [-0.2, -0.15) is 0 Å². The van der Waals surface area contributed by atoms with Crippen molar-refractivity contribution in [2.45, 2.75) is 141 Å². The number of thiazole rings is 2. The number of nitrogens with zero attached hydrogens (tertiary/aromatic N) is 4. The minimum absolute atomic E-state index is 0. The second-order valence-electron chi connectivity index (χ2n) is 17.9. The van der Waals surface area contributed by atoms with Crippen molar-refractivity contribution in [3.63, 3.8) is 0 Å². The number of aliphatic hydroxyl groups is 2. The normalized spacial score (nSPS) is 18.4. The van der Waals surface area contributed by atoms with Crippen molar-refractivity contribution < 1.29 is 50.8 Å². The molecule has 0 aromatic carbocycles. The molecule has 14 nitrogen and oxygen atoms in total. The number of hydrogen-bond donors (Lipinski definition) is 2. The molecule has 4 amide bonds. The lowest BCUT2D eigenvalue weighted by atomic mass is 9.97. The fraction of sp³-hybridized carbons (Fsp3) is 0.577. The van der Waals surface area contributed by atoms with Crippen molar-refractivity contribution in [3.8, 4) is 0 Å². The molecule has 71 heavy (non-hydrogen) atoms. The summed E-state index contributed by atoms with van der Waals surface area (Å²) in [6, 6.07) is -0.506. The highest BCUT2D eigenvalue weighted by atomic mass is 35.5. The first-order valence-electron chi connectivity index (χ1n) is 23.3. The molecular weight excluding hydrogens is 1000 g/mol. The van der Waals surface area contributed by atoms with Gasteiger partial charge in [-0.25, -0.2) is 29.4 Å². The molecule has 2 aromatic heterocycles. The molecule has 8 atom stereocenters. The van der Waals surface area contributed by atoms with Crippen LogP contribution in [0.15, 0.2) is 68.5 Å². The second-order valence-corrected chi connectivity index (χ2v) is 21.0. The number of imide groups is 2. The fourth-order valence-corrected chi connectivity index (χ4v) is 7.98. The van der Waals surface area contributed by atoms with Crippen LogP contribution in [-0.2, 0) is 28.1 Å². The summed E-state index contributed by atoms with van der Waals surface area (Å²) in [5.74, 6) is 0.605. The van der Waals surface area contributed by atoms with E-state index in [-0.39, 0.29) is 60.4 Å². The van der Waals surface area contributed by atoms with E-state index in [1.807, 2.05) is 47.6 Å². The Kier molecular flexibility index (Phi) is 34.7. The summed E-state index contributed by atoms with van der Waals surface area (Å²) >= 11 is 9.13. The van der Waals surface area contributed by atoms with E-state index in [0.29, 0.717) is 37.4 Å². The first-order chi connectivity index (χ1) is 33.0. The van der Waals surface area contributed by atoms with Gasteiger partial charge >= 0.3 is 12.2 Å². The van der Waals surface area contributed by atoms with E-state index in [9.17, 15) is 24.3 Å². The van der Waals surface area contributed by atoms with Crippen LogP contribution in [0.25, 0.3) is 12.2 Å². The van der Waals surface area contributed by atoms with Crippen molar-refractivity contribution in [1.29, 1.82) is 0 Å². The van der Waals surface area contributed by atoms with Crippen molar-refractivity contribution in [1.82, 2.24) is 19.8 Å². The van der Waals surface area contributed by atoms with Gasteiger partial charge < -0.3 is 28.7 Å². The zero-order valence-electron chi connectivity index (χ0n) is 43.5. The van der Waals surface area contributed by atoms with Crippen LogP contribution >= 0.6 is 53.2 Å². The SMILES string of the molecule is C.C/C(=C/C[C@H](C)/C(C)=C/c1csc(C)n1)CCl.C/C(=C/C[C@H](C)/C(C)=C/c1csc(C)n1)CO.C/C(=C/C[C@H](C)C(=O)N1C(=O)OC[C@@H]1C)COP.C/C(=C/C[C@H](O)C(=O)N1C(=O)OC[C@@H]1C)COP.[3HH].[3HH]. The minimum Gasteiger partial charge on any atom is -0.447 e. The van der Waals surface area contributed by atoms with Gasteiger partial charge in [0.1, 0.15) is 19.3 Å². The molecule has 0 saturated carbocycles. The zero-order chi connectivity index (χ0) is 53.1. The number of amides is 4. The summed E-state index contributed by atoms with van der Waals surface area (Å²) < 4.78 is 19.3. The van der Waals surface area contributed by atoms with Crippen LogP contribution in [0, 0.1) is 31.6 Å². The molecule has 2 aromatic rings. The summed E-state index contributed by atoms with van der Waals surface area (Å²) in [7, 11) is 4.31. The Hall–Kier alpha value is -3.43. The molecule has 2 N–H and O–H groups in total. The number of aryl methyl sites for hydroxylation is 2. The Morgan fingerprint density at radius 2 is 1.11 bits per heavy atom. The maximum absolute atomic E-state index is 12.1. The maximum Gasteiger partial charge on any atom is 0.417 e. The number of rotatable bonds is 20. The number of allylic oxidation sites excluding steroid dienone is 6. The molecule has 404 valence electrons. The summed E-state index contributed by atoms with van der Waals surface area (Å²) in [6.45, 7) is 27.5. The molecule has 0 spiro atoms. The van der Waals surface area contributed by atoms with E-state index in [4.69, 9.17) is 35.2 Å². The smallest absolute Gasteiger partial charge is 0.417 e. The molecular formula is C52H87ClN4O10P2S2. The predicted molar refractivity (Wildman–Crippen MR) is 303 cm³/mol. The lowest BCUT2D eigenvalue weighted by Crippen LogP contribution is -2.43. The number of cyclic esters (lactones) is 2. The molecule has 2 aliphatic heterocycles. The van der Waals surface area contributed by atoms with E-state index in [1.165, 1.54) is 21.6 Å². The van der Waals surface area contributed by atoms with E-state index < -0.39 is 24.2 Å². The minimum atomic E-state index is -1.24. The Labute approximate surface area is 445 Å². The van der Waals surface area contributed by atoms with Gasteiger partial charge in [-0.15, -0.1) is 34.3 Å². The number of carbonyl (C=O) groups is 4. The monoisotopic (exact) mass is 1090 g/mol. The molecule has 0 aliphatic carbocycles. The van der Waals surface area contributed by atoms with Crippen LogP contribution in [-0.4, -0.2) is 111 Å². The first kappa shape index (κ1) is 67.6. The molecule has 2 saturated heterocycles. The van der Waals surface area contributed by atoms with Crippen LogP contribution in [0.5, 0.6) is 0 Å². The van der Waals surface area contributed by atoms with Crippen molar-refractivity contribution in [3.05, 3.63) is 89.9 Å². The van der Waals surface area contributed by atoms with Crippen LogP contribution in [0.4, 0.5) is 9.59 Å². The Bertz CT molecular complexity index is 2020. The molecule has 2 unspecified atom stereocenters. The summed E-state index contributed by atoms with van der Waals surface area (Å²) in [5, 5.41) is 25.1. The van der Waals surface area contributed by atoms with Gasteiger partial charge in [0.05, 0.1) is 53.3 Å². The Morgan fingerprint density at radius 1 is 0.732 bits per heavy atom. The number of ether oxygens (including phenoxy) is 2. The summed E-state index contributed by atoms with van der Waals surface area (Å²) in [5.41, 5.74) is 9.07. The highest BCUT2D eigenvalue weighted by molar-refractivity contribution is 7.10. The third-order valence-corrected chi connectivity index (χ3v) is 13.5. The van der Waals surface area contributed by atoms with E-state index in [1.54, 1.807) is 42.6 Å². The molecule has 19 heteroatoms. The number of halogens is 1. The quantitative estimate of drug-likeness (QED) is 0.0729. The highest BCUT2D eigenvalue weighted by Crippen LogP contribution is 2.23. The van der Waals surface area contributed by atoms with Gasteiger partial charge in [0.25, 0.3) is 5.91 Å². The highest BCUT2D eigenvalue weighted by Gasteiger charge is 2.38.